The van der Waals surface area contributed by atoms with Gasteiger partial charge in [-0.2, -0.15) is 0 Å². The minimum atomic E-state index is -0.507. The van der Waals surface area contributed by atoms with Gasteiger partial charge in [-0.25, -0.2) is 4.98 Å². The molecule has 4 aromatic carbocycles. The second-order valence-electron chi connectivity index (χ2n) is 8.23. The molecule has 0 saturated carbocycles. The van der Waals surface area contributed by atoms with Crippen molar-refractivity contribution in [1.29, 1.82) is 0 Å². The van der Waals surface area contributed by atoms with Crippen LogP contribution in [0.1, 0.15) is 29.1 Å². The number of carbonyl (C=O) groups is 1. The fraction of sp³-hybridized carbons (Fsp3) is 0.107. The first-order chi connectivity index (χ1) is 16.5. The minimum absolute atomic E-state index is 0.161. The monoisotopic (exact) mass is 467 g/mol. The molecule has 6 heteroatoms. The zero-order valence-electron chi connectivity index (χ0n) is 18.8. The van der Waals surface area contributed by atoms with E-state index in [9.17, 15) is 9.59 Å². The molecule has 168 valence electrons. The maximum atomic E-state index is 13.6. The Labute approximate surface area is 201 Å². The van der Waals surface area contributed by atoms with E-state index >= 15 is 0 Å². The SMILES string of the molecule is CC(c1nc2ccccc2c(=O)n1-c1ccccc1Cl)N(C)C(=O)c1ccc2ccccc2c1. The number of benzene rings is 4. The van der Waals surface area contributed by atoms with E-state index in [-0.39, 0.29) is 11.5 Å². The molecular formula is C28H22ClN3O2. The van der Waals surface area contributed by atoms with Crippen molar-refractivity contribution in [3.8, 4) is 5.69 Å². The van der Waals surface area contributed by atoms with Crippen LogP contribution in [0.25, 0.3) is 27.4 Å². The van der Waals surface area contributed by atoms with Crippen molar-refractivity contribution in [1.82, 2.24) is 14.5 Å². The highest BCUT2D eigenvalue weighted by molar-refractivity contribution is 6.32. The Morgan fingerprint density at radius 1 is 0.912 bits per heavy atom. The van der Waals surface area contributed by atoms with Crippen molar-refractivity contribution < 1.29 is 4.79 Å². The lowest BCUT2D eigenvalue weighted by Gasteiger charge is -2.27. The molecule has 0 N–H and O–H groups in total. The molecular weight excluding hydrogens is 446 g/mol. The zero-order chi connectivity index (χ0) is 23.8. The maximum Gasteiger partial charge on any atom is 0.266 e. The number of hydrogen-bond donors (Lipinski definition) is 0. The number of carbonyl (C=O) groups excluding carboxylic acids is 1. The van der Waals surface area contributed by atoms with Gasteiger partial charge in [-0.3, -0.25) is 14.2 Å². The van der Waals surface area contributed by atoms with Gasteiger partial charge in [0.15, 0.2) is 0 Å². The van der Waals surface area contributed by atoms with Crippen LogP contribution in [0.5, 0.6) is 0 Å². The summed E-state index contributed by atoms with van der Waals surface area (Å²) in [5, 5.41) is 2.98. The average molecular weight is 468 g/mol. The van der Waals surface area contributed by atoms with Crippen LogP contribution < -0.4 is 5.56 Å². The standard InChI is InChI=1S/C28H22ClN3O2/c1-18(31(2)27(33)21-16-15-19-9-3-4-10-20(19)17-21)26-30-24-13-7-5-11-22(24)28(34)32(26)25-14-8-6-12-23(25)29/h3-18H,1-2H3. The van der Waals surface area contributed by atoms with Crippen molar-refractivity contribution in [2.75, 3.05) is 7.05 Å². The van der Waals surface area contributed by atoms with Crippen LogP contribution in [-0.4, -0.2) is 27.4 Å². The highest BCUT2D eigenvalue weighted by Gasteiger charge is 2.25. The maximum absolute atomic E-state index is 13.6. The van der Waals surface area contributed by atoms with Crippen molar-refractivity contribution in [2.24, 2.45) is 0 Å². The first-order valence-corrected chi connectivity index (χ1v) is 11.4. The van der Waals surface area contributed by atoms with Crippen LogP contribution in [0.2, 0.25) is 5.02 Å². The fourth-order valence-electron chi connectivity index (χ4n) is 4.17. The quantitative estimate of drug-likeness (QED) is 0.324. The minimum Gasteiger partial charge on any atom is -0.332 e. The summed E-state index contributed by atoms with van der Waals surface area (Å²) in [6.07, 6.45) is 0. The van der Waals surface area contributed by atoms with Crippen molar-refractivity contribution in [2.45, 2.75) is 13.0 Å². The van der Waals surface area contributed by atoms with E-state index in [2.05, 4.69) is 0 Å². The van der Waals surface area contributed by atoms with E-state index in [0.29, 0.717) is 33.0 Å². The number of nitrogens with zero attached hydrogens (tertiary/aromatic N) is 3. The molecule has 5 aromatic rings. The Bertz CT molecular complexity index is 1610. The molecule has 1 atom stereocenters. The summed E-state index contributed by atoms with van der Waals surface area (Å²) in [5.41, 5.74) is 1.44. The Hall–Kier alpha value is -3.96. The number of para-hydroxylation sites is 2. The third kappa shape index (κ3) is 3.74. The van der Waals surface area contributed by atoms with Crippen LogP contribution in [0.3, 0.4) is 0 Å². The van der Waals surface area contributed by atoms with Crippen LogP contribution in [0.4, 0.5) is 0 Å². The van der Waals surface area contributed by atoms with Crippen LogP contribution in [-0.2, 0) is 0 Å². The predicted molar refractivity (Wildman–Crippen MR) is 137 cm³/mol. The lowest BCUT2D eigenvalue weighted by molar-refractivity contribution is 0.0735. The molecule has 0 radical (unpaired) electrons. The van der Waals surface area contributed by atoms with Gasteiger partial charge < -0.3 is 4.90 Å². The van der Waals surface area contributed by atoms with E-state index in [0.717, 1.165) is 10.8 Å². The Balaban J connectivity index is 1.64. The number of hydrogen-bond acceptors (Lipinski definition) is 3. The van der Waals surface area contributed by atoms with Gasteiger partial charge >= 0.3 is 0 Å². The molecule has 1 aromatic heterocycles. The van der Waals surface area contributed by atoms with E-state index in [1.54, 1.807) is 42.3 Å². The van der Waals surface area contributed by atoms with Crippen molar-refractivity contribution >= 4 is 39.2 Å². The summed E-state index contributed by atoms with van der Waals surface area (Å²) in [5.74, 6) is 0.278. The average Bonchev–Trinajstić information content (AvgIpc) is 2.87. The number of aromatic nitrogens is 2. The first-order valence-electron chi connectivity index (χ1n) is 11.0. The highest BCUT2D eigenvalue weighted by atomic mass is 35.5. The summed E-state index contributed by atoms with van der Waals surface area (Å²) in [7, 11) is 1.72. The van der Waals surface area contributed by atoms with Gasteiger partial charge in [0, 0.05) is 12.6 Å². The van der Waals surface area contributed by atoms with E-state index in [1.807, 2.05) is 67.6 Å². The molecule has 0 aliphatic heterocycles. The molecule has 0 bridgehead atoms. The highest BCUT2D eigenvalue weighted by Crippen LogP contribution is 2.27. The normalized spacial score (nSPS) is 12.1. The summed E-state index contributed by atoms with van der Waals surface area (Å²) in [6, 6.07) is 27.4. The van der Waals surface area contributed by atoms with Gasteiger partial charge in [-0.05, 0) is 54.1 Å². The molecule has 0 aliphatic rings. The molecule has 0 saturated heterocycles. The molecule has 34 heavy (non-hydrogen) atoms. The zero-order valence-corrected chi connectivity index (χ0v) is 19.5. The number of amides is 1. The fourth-order valence-corrected chi connectivity index (χ4v) is 4.39. The van der Waals surface area contributed by atoms with Crippen molar-refractivity contribution in [3.05, 3.63) is 118 Å². The Kier molecular flexibility index (Phi) is 5.64. The number of fused-ring (bicyclic) bond motifs is 2. The van der Waals surface area contributed by atoms with E-state index in [1.165, 1.54) is 4.57 Å². The van der Waals surface area contributed by atoms with E-state index < -0.39 is 6.04 Å². The number of rotatable bonds is 4. The molecule has 1 amide bonds. The summed E-state index contributed by atoms with van der Waals surface area (Å²) in [6.45, 7) is 1.86. The van der Waals surface area contributed by atoms with Crippen molar-refractivity contribution in [3.63, 3.8) is 0 Å². The van der Waals surface area contributed by atoms with Gasteiger partial charge in [-0.1, -0.05) is 66.2 Å². The summed E-state index contributed by atoms with van der Waals surface area (Å²) >= 11 is 6.48. The Morgan fingerprint density at radius 2 is 1.59 bits per heavy atom. The van der Waals surface area contributed by atoms with Gasteiger partial charge in [0.05, 0.1) is 27.7 Å². The smallest absolute Gasteiger partial charge is 0.266 e. The molecule has 5 rings (SSSR count). The lowest BCUT2D eigenvalue weighted by atomic mass is 10.1. The third-order valence-electron chi connectivity index (χ3n) is 6.17. The molecule has 0 aliphatic carbocycles. The van der Waals surface area contributed by atoms with Gasteiger partial charge in [0.1, 0.15) is 5.82 Å². The van der Waals surface area contributed by atoms with Gasteiger partial charge in [-0.15, -0.1) is 0 Å². The molecule has 0 fully saturated rings. The van der Waals surface area contributed by atoms with Crippen LogP contribution in [0.15, 0.2) is 95.8 Å². The molecule has 5 nitrogen and oxygen atoms in total. The first kappa shape index (κ1) is 21.9. The topological polar surface area (TPSA) is 55.2 Å². The van der Waals surface area contributed by atoms with Gasteiger partial charge in [0.25, 0.3) is 11.5 Å². The predicted octanol–water partition coefficient (Wildman–Crippen LogP) is 6.03. The largest absolute Gasteiger partial charge is 0.332 e. The van der Waals surface area contributed by atoms with Crippen LogP contribution in [0, 0.1) is 0 Å². The lowest BCUT2D eigenvalue weighted by Crippen LogP contribution is -2.35. The second-order valence-corrected chi connectivity index (χ2v) is 8.64. The van der Waals surface area contributed by atoms with E-state index in [4.69, 9.17) is 16.6 Å². The molecule has 0 spiro atoms. The summed E-state index contributed by atoms with van der Waals surface area (Å²) in [4.78, 5) is 33.4. The molecule has 1 unspecified atom stereocenters. The van der Waals surface area contributed by atoms with Gasteiger partial charge in [0.2, 0.25) is 0 Å². The molecule has 1 heterocycles. The third-order valence-corrected chi connectivity index (χ3v) is 6.49. The Morgan fingerprint density at radius 3 is 2.38 bits per heavy atom. The summed E-state index contributed by atoms with van der Waals surface area (Å²) < 4.78 is 1.51. The number of halogens is 1. The second kappa shape index (κ2) is 8.76. The van der Waals surface area contributed by atoms with Crippen LogP contribution >= 0.6 is 11.6 Å².